The summed E-state index contributed by atoms with van der Waals surface area (Å²) in [7, 11) is 0. The summed E-state index contributed by atoms with van der Waals surface area (Å²) in [5, 5.41) is 10.2. The number of hydrogen-bond acceptors (Lipinski definition) is 3. The predicted octanol–water partition coefficient (Wildman–Crippen LogP) is 3.74. The van der Waals surface area contributed by atoms with E-state index < -0.39 is 0 Å². The predicted molar refractivity (Wildman–Crippen MR) is 85.5 cm³/mol. The summed E-state index contributed by atoms with van der Waals surface area (Å²) in [5.41, 5.74) is 0.475. The molecular formula is C16H17BrN2O2. The van der Waals surface area contributed by atoms with E-state index in [-0.39, 0.29) is 22.4 Å². The highest BCUT2D eigenvalue weighted by molar-refractivity contribution is 9.10. The molecule has 0 aliphatic heterocycles. The molecule has 0 radical (unpaired) electrons. The lowest BCUT2D eigenvalue weighted by Gasteiger charge is -2.22. The van der Waals surface area contributed by atoms with E-state index in [0.29, 0.717) is 11.4 Å². The molecule has 1 aliphatic rings. The summed E-state index contributed by atoms with van der Waals surface area (Å²) < 4.78 is 0.921. The topological polar surface area (TPSA) is 66.0 Å². The number of halogens is 1. The number of hydrogen-bond donors (Lipinski definition) is 2. The Hall–Kier alpha value is -1.62. The zero-order chi connectivity index (χ0) is 15.0. The molecule has 0 spiro atoms. The number of rotatable bonds is 2. The minimum absolute atomic E-state index is 0.130. The van der Waals surface area contributed by atoms with Gasteiger partial charge in [-0.3, -0.25) is 4.79 Å². The van der Waals surface area contributed by atoms with Gasteiger partial charge in [-0.25, -0.2) is 0 Å². The lowest BCUT2D eigenvalue weighted by molar-refractivity contribution is 0.416. The average molecular weight is 349 g/mol. The van der Waals surface area contributed by atoms with Gasteiger partial charge in [0.1, 0.15) is 11.4 Å². The van der Waals surface area contributed by atoms with Crippen molar-refractivity contribution in [2.45, 2.75) is 38.0 Å². The Kier molecular flexibility index (Phi) is 3.61. The Morgan fingerprint density at radius 1 is 1.24 bits per heavy atom. The maximum absolute atomic E-state index is 12.4. The molecule has 3 rings (SSSR count). The molecule has 0 atom stereocenters. The first-order valence-corrected chi connectivity index (χ1v) is 7.89. The molecule has 1 heterocycles. The van der Waals surface area contributed by atoms with E-state index >= 15 is 0 Å². The Balaban J connectivity index is 2.08. The van der Waals surface area contributed by atoms with Gasteiger partial charge in [-0.2, -0.15) is 4.98 Å². The van der Waals surface area contributed by atoms with Crippen LogP contribution >= 0.6 is 15.9 Å². The molecule has 1 aliphatic carbocycles. The number of nitrogens with one attached hydrogen (secondary N) is 1. The molecule has 1 fully saturated rings. The Morgan fingerprint density at radius 3 is 2.43 bits per heavy atom. The van der Waals surface area contributed by atoms with E-state index in [1.807, 2.05) is 12.1 Å². The van der Waals surface area contributed by atoms with Crippen LogP contribution < -0.4 is 5.56 Å². The lowest BCUT2D eigenvalue weighted by Crippen LogP contribution is -2.25. The summed E-state index contributed by atoms with van der Waals surface area (Å²) in [6.07, 6.45) is 4.25. The number of nitrogens with zero attached hydrogens (tertiary/aromatic N) is 1. The molecule has 1 aromatic heterocycles. The normalized spacial score (nSPS) is 17.0. The molecule has 2 N–H and O–H groups in total. The minimum atomic E-state index is -0.284. The summed E-state index contributed by atoms with van der Waals surface area (Å²) in [4.78, 5) is 19.5. The van der Waals surface area contributed by atoms with Gasteiger partial charge in [0.15, 0.2) is 0 Å². The van der Waals surface area contributed by atoms with Crippen molar-refractivity contribution >= 4 is 15.9 Å². The number of aromatic nitrogens is 2. The molecule has 0 saturated heterocycles. The SMILES string of the molecule is CC1(c2nc(O)c(-c3ccc(Br)cc3)c(=O)[nH]2)CCCC1. The molecule has 5 heteroatoms. The van der Waals surface area contributed by atoms with Gasteiger partial charge in [-0.15, -0.1) is 0 Å². The first-order chi connectivity index (χ1) is 9.99. The van der Waals surface area contributed by atoms with E-state index in [1.54, 1.807) is 12.1 Å². The van der Waals surface area contributed by atoms with Crippen LogP contribution in [0.4, 0.5) is 0 Å². The van der Waals surface area contributed by atoms with Crippen molar-refractivity contribution in [3.63, 3.8) is 0 Å². The summed E-state index contributed by atoms with van der Waals surface area (Å²) >= 11 is 3.35. The van der Waals surface area contributed by atoms with Gasteiger partial charge >= 0.3 is 0 Å². The number of benzene rings is 1. The van der Waals surface area contributed by atoms with E-state index in [4.69, 9.17) is 0 Å². The van der Waals surface area contributed by atoms with Crippen LogP contribution in [0.3, 0.4) is 0 Å². The van der Waals surface area contributed by atoms with Crippen molar-refractivity contribution < 1.29 is 5.11 Å². The van der Waals surface area contributed by atoms with E-state index in [9.17, 15) is 9.90 Å². The standard InChI is InChI=1S/C16H17BrN2O2/c1-16(8-2-3-9-16)15-18-13(20)12(14(21)19-15)10-4-6-11(17)7-5-10/h4-7H,2-3,8-9H2,1H3,(H2,18,19,20,21). The number of aromatic hydroxyl groups is 1. The molecule has 4 nitrogen and oxygen atoms in total. The van der Waals surface area contributed by atoms with Crippen molar-refractivity contribution in [3.05, 3.63) is 44.9 Å². The molecule has 1 aromatic carbocycles. The summed E-state index contributed by atoms with van der Waals surface area (Å²) in [6.45, 7) is 2.09. The summed E-state index contributed by atoms with van der Waals surface area (Å²) in [6, 6.07) is 7.24. The van der Waals surface area contributed by atoms with Crippen LogP contribution in [0.2, 0.25) is 0 Å². The fourth-order valence-electron chi connectivity index (χ4n) is 3.02. The zero-order valence-corrected chi connectivity index (χ0v) is 13.4. The van der Waals surface area contributed by atoms with Crippen LogP contribution in [-0.2, 0) is 5.41 Å². The first-order valence-electron chi connectivity index (χ1n) is 7.09. The Bertz CT molecular complexity index is 716. The van der Waals surface area contributed by atoms with Crippen LogP contribution in [0.5, 0.6) is 5.88 Å². The van der Waals surface area contributed by atoms with Crippen molar-refractivity contribution in [2.24, 2.45) is 0 Å². The molecule has 1 saturated carbocycles. The quantitative estimate of drug-likeness (QED) is 0.868. The van der Waals surface area contributed by atoms with Crippen LogP contribution in [0.25, 0.3) is 11.1 Å². The van der Waals surface area contributed by atoms with E-state index in [2.05, 4.69) is 32.8 Å². The zero-order valence-electron chi connectivity index (χ0n) is 11.8. The number of H-pyrrole nitrogens is 1. The van der Waals surface area contributed by atoms with Crippen LogP contribution in [0.1, 0.15) is 38.4 Å². The molecule has 21 heavy (non-hydrogen) atoms. The van der Waals surface area contributed by atoms with Gasteiger partial charge in [0, 0.05) is 9.89 Å². The van der Waals surface area contributed by atoms with Crippen molar-refractivity contribution in [1.82, 2.24) is 9.97 Å². The Labute approximate surface area is 131 Å². The fourth-order valence-corrected chi connectivity index (χ4v) is 3.28. The van der Waals surface area contributed by atoms with Gasteiger partial charge in [0.05, 0.1) is 0 Å². The highest BCUT2D eigenvalue weighted by atomic mass is 79.9. The molecule has 0 unspecified atom stereocenters. The molecular weight excluding hydrogens is 332 g/mol. The molecule has 2 aromatic rings. The van der Waals surface area contributed by atoms with Crippen molar-refractivity contribution in [1.29, 1.82) is 0 Å². The smallest absolute Gasteiger partial charge is 0.262 e. The third-order valence-electron chi connectivity index (χ3n) is 4.31. The van der Waals surface area contributed by atoms with Crippen LogP contribution in [-0.4, -0.2) is 15.1 Å². The van der Waals surface area contributed by atoms with Crippen molar-refractivity contribution in [3.8, 4) is 17.0 Å². The van der Waals surface area contributed by atoms with Crippen LogP contribution in [0.15, 0.2) is 33.5 Å². The maximum Gasteiger partial charge on any atom is 0.262 e. The highest BCUT2D eigenvalue weighted by Crippen LogP contribution is 2.39. The van der Waals surface area contributed by atoms with Crippen molar-refractivity contribution in [2.75, 3.05) is 0 Å². The highest BCUT2D eigenvalue weighted by Gasteiger charge is 2.34. The largest absolute Gasteiger partial charge is 0.493 e. The molecule has 0 amide bonds. The fraction of sp³-hybridized carbons (Fsp3) is 0.375. The molecule has 110 valence electrons. The first kappa shape index (κ1) is 14.3. The average Bonchev–Trinajstić information content (AvgIpc) is 2.88. The second-order valence-corrected chi connectivity index (χ2v) is 6.80. The van der Waals surface area contributed by atoms with Gasteiger partial charge < -0.3 is 10.1 Å². The van der Waals surface area contributed by atoms with Gasteiger partial charge in [0.25, 0.3) is 5.56 Å². The third kappa shape index (κ3) is 2.62. The van der Waals surface area contributed by atoms with Gasteiger partial charge in [-0.1, -0.05) is 47.8 Å². The van der Waals surface area contributed by atoms with E-state index in [0.717, 1.165) is 30.2 Å². The maximum atomic E-state index is 12.4. The number of aromatic amines is 1. The monoisotopic (exact) mass is 348 g/mol. The lowest BCUT2D eigenvalue weighted by atomic mass is 9.88. The summed E-state index contributed by atoms with van der Waals surface area (Å²) in [5.74, 6) is 0.410. The second kappa shape index (κ2) is 5.30. The third-order valence-corrected chi connectivity index (χ3v) is 4.84. The van der Waals surface area contributed by atoms with Crippen LogP contribution in [0, 0.1) is 0 Å². The minimum Gasteiger partial charge on any atom is -0.493 e. The van der Waals surface area contributed by atoms with Gasteiger partial charge in [0.2, 0.25) is 5.88 Å². The second-order valence-electron chi connectivity index (χ2n) is 5.89. The van der Waals surface area contributed by atoms with E-state index in [1.165, 1.54) is 0 Å². The Morgan fingerprint density at radius 2 is 1.86 bits per heavy atom. The molecule has 0 bridgehead atoms. The van der Waals surface area contributed by atoms with Gasteiger partial charge in [-0.05, 0) is 30.5 Å².